The smallest absolute Gasteiger partial charge is 0.328 e. The lowest BCUT2D eigenvalue weighted by Gasteiger charge is -2.31. The van der Waals surface area contributed by atoms with Crippen LogP contribution < -0.4 is 0 Å². The van der Waals surface area contributed by atoms with Crippen molar-refractivity contribution in [2.75, 3.05) is 19.8 Å². The summed E-state index contributed by atoms with van der Waals surface area (Å²) in [7, 11) is 0. The Labute approximate surface area is 123 Å². The van der Waals surface area contributed by atoms with Crippen molar-refractivity contribution in [1.29, 1.82) is 0 Å². The lowest BCUT2D eigenvalue weighted by Crippen LogP contribution is -2.52. The number of fused-ring (bicyclic) bond motifs is 1. The molecule has 0 bridgehead atoms. The van der Waals surface area contributed by atoms with E-state index in [1.54, 1.807) is 13.8 Å². The molecule has 2 heterocycles. The maximum atomic E-state index is 12.4. The van der Waals surface area contributed by atoms with E-state index in [0.29, 0.717) is 0 Å². The van der Waals surface area contributed by atoms with Gasteiger partial charge in [0.05, 0.1) is 31.8 Å². The second-order valence-electron chi connectivity index (χ2n) is 5.83. The summed E-state index contributed by atoms with van der Waals surface area (Å²) in [5, 5.41) is 0. The van der Waals surface area contributed by atoms with E-state index >= 15 is 0 Å². The summed E-state index contributed by atoms with van der Waals surface area (Å²) in [5.74, 6) is -1.83. The van der Waals surface area contributed by atoms with Crippen LogP contribution in [-0.2, 0) is 28.6 Å². The number of amides is 1. The van der Waals surface area contributed by atoms with Gasteiger partial charge in [0.1, 0.15) is 0 Å². The Morgan fingerprint density at radius 2 is 1.76 bits per heavy atom. The van der Waals surface area contributed by atoms with E-state index < -0.39 is 29.1 Å². The van der Waals surface area contributed by atoms with Crippen molar-refractivity contribution in [2.45, 2.75) is 45.9 Å². The van der Waals surface area contributed by atoms with Crippen molar-refractivity contribution < 1.29 is 28.6 Å². The first-order valence-electron chi connectivity index (χ1n) is 7.09. The Morgan fingerprint density at radius 3 is 2.24 bits per heavy atom. The number of hydrogen-bond donors (Lipinski definition) is 0. The molecule has 0 N–H and O–H groups in total. The van der Waals surface area contributed by atoms with E-state index in [0.717, 1.165) is 0 Å². The van der Waals surface area contributed by atoms with Crippen LogP contribution in [0.2, 0.25) is 0 Å². The minimum atomic E-state index is -1.73. The molecule has 1 amide bonds. The number of ether oxygens (including phenoxy) is 3. The average molecular weight is 299 g/mol. The summed E-state index contributed by atoms with van der Waals surface area (Å²) in [5.41, 5.74) is -2.29. The molecule has 0 aromatic heterocycles. The fraction of sp³-hybridized carbons (Fsp3) is 0.786. The summed E-state index contributed by atoms with van der Waals surface area (Å²) in [6.45, 7) is 7.43. The van der Waals surface area contributed by atoms with Gasteiger partial charge in [0.15, 0.2) is 6.23 Å². The van der Waals surface area contributed by atoms with Crippen molar-refractivity contribution >= 4 is 17.8 Å². The van der Waals surface area contributed by atoms with E-state index in [1.165, 1.54) is 4.90 Å². The van der Waals surface area contributed by atoms with Crippen molar-refractivity contribution in [3.63, 3.8) is 0 Å². The zero-order chi connectivity index (χ0) is 15.8. The Bertz CT molecular complexity index is 454. The van der Waals surface area contributed by atoms with E-state index in [-0.39, 0.29) is 32.1 Å². The van der Waals surface area contributed by atoms with Crippen LogP contribution in [0.5, 0.6) is 0 Å². The molecule has 2 saturated heterocycles. The summed E-state index contributed by atoms with van der Waals surface area (Å²) >= 11 is 0. The van der Waals surface area contributed by atoms with Gasteiger partial charge < -0.3 is 19.1 Å². The maximum absolute atomic E-state index is 12.4. The van der Waals surface area contributed by atoms with Crippen LogP contribution >= 0.6 is 0 Å². The van der Waals surface area contributed by atoms with Crippen LogP contribution in [0.15, 0.2) is 0 Å². The SMILES string of the molecule is CCOC(=O)C1(C(=O)OCC)CC(=O)N2C1OCC2(C)C. The minimum Gasteiger partial charge on any atom is -0.465 e. The van der Waals surface area contributed by atoms with E-state index in [4.69, 9.17) is 14.2 Å². The summed E-state index contributed by atoms with van der Waals surface area (Å²) < 4.78 is 15.7. The molecule has 2 aliphatic heterocycles. The molecular weight excluding hydrogens is 278 g/mol. The van der Waals surface area contributed by atoms with E-state index in [2.05, 4.69) is 0 Å². The molecule has 0 aromatic rings. The second-order valence-corrected chi connectivity index (χ2v) is 5.83. The lowest BCUT2D eigenvalue weighted by atomic mass is 9.85. The van der Waals surface area contributed by atoms with Gasteiger partial charge in [-0.1, -0.05) is 0 Å². The molecule has 0 aliphatic carbocycles. The standard InChI is InChI=1S/C14H21NO6/c1-5-19-11(17)14(12(18)20-6-2)7-9(16)15-10(14)21-8-13(15,3)4/h10H,5-8H2,1-4H3. The Hall–Kier alpha value is -1.63. The highest BCUT2D eigenvalue weighted by molar-refractivity contribution is 6.07. The fourth-order valence-electron chi connectivity index (χ4n) is 2.94. The predicted molar refractivity (Wildman–Crippen MR) is 71.0 cm³/mol. The third-order valence-corrected chi connectivity index (χ3v) is 3.88. The average Bonchev–Trinajstić information content (AvgIpc) is 2.88. The molecule has 0 aromatic carbocycles. The molecule has 1 unspecified atom stereocenters. The lowest BCUT2D eigenvalue weighted by molar-refractivity contribution is -0.182. The summed E-state index contributed by atoms with van der Waals surface area (Å²) in [6, 6.07) is 0. The van der Waals surface area contributed by atoms with E-state index in [9.17, 15) is 14.4 Å². The number of rotatable bonds is 4. The Kier molecular flexibility index (Phi) is 3.97. The van der Waals surface area contributed by atoms with Crippen LogP contribution in [-0.4, -0.2) is 54.3 Å². The molecule has 0 radical (unpaired) electrons. The van der Waals surface area contributed by atoms with Crippen LogP contribution in [0.3, 0.4) is 0 Å². The summed E-state index contributed by atoms with van der Waals surface area (Å²) in [6.07, 6.45) is -1.24. The van der Waals surface area contributed by atoms with Gasteiger partial charge >= 0.3 is 11.9 Å². The number of hydrogen-bond acceptors (Lipinski definition) is 6. The number of nitrogens with zero attached hydrogens (tertiary/aromatic N) is 1. The van der Waals surface area contributed by atoms with E-state index in [1.807, 2.05) is 13.8 Å². The Balaban J connectivity index is 2.45. The Morgan fingerprint density at radius 1 is 1.24 bits per heavy atom. The number of carbonyl (C=O) groups excluding carboxylic acids is 3. The largest absolute Gasteiger partial charge is 0.465 e. The molecule has 7 nitrogen and oxygen atoms in total. The molecule has 118 valence electrons. The van der Waals surface area contributed by atoms with Crippen LogP contribution in [0.1, 0.15) is 34.1 Å². The molecule has 21 heavy (non-hydrogen) atoms. The van der Waals surface area contributed by atoms with Crippen molar-refractivity contribution in [1.82, 2.24) is 4.90 Å². The molecule has 7 heteroatoms. The highest BCUT2D eigenvalue weighted by Crippen LogP contribution is 2.47. The van der Waals surface area contributed by atoms with Gasteiger partial charge in [-0.05, 0) is 27.7 Å². The van der Waals surface area contributed by atoms with Gasteiger partial charge in [-0.15, -0.1) is 0 Å². The third-order valence-electron chi connectivity index (χ3n) is 3.88. The first kappa shape index (κ1) is 15.8. The highest BCUT2D eigenvalue weighted by atomic mass is 16.6. The van der Waals surface area contributed by atoms with Gasteiger partial charge in [-0.3, -0.25) is 14.4 Å². The van der Waals surface area contributed by atoms with Crippen molar-refractivity contribution in [2.24, 2.45) is 5.41 Å². The quantitative estimate of drug-likeness (QED) is 0.554. The summed E-state index contributed by atoms with van der Waals surface area (Å²) in [4.78, 5) is 38.6. The molecule has 1 atom stereocenters. The number of carbonyl (C=O) groups is 3. The van der Waals surface area contributed by atoms with Crippen LogP contribution in [0, 0.1) is 5.41 Å². The zero-order valence-corrected chi connectivity index (χ0v) is 12.8. The van der Waals surface area contributed by atoms with Gasteiger partial charge in [0.2, 0.25) is 11.3 Å². The molecular formula is C14H21NO6. The van der Waals surface area contributed by atoms with Gasteiger partial charge in [0.25, 0.3) is 0 Å². The monoisotopic (exact) mass is 299 g/mol. The van der Waals surface area contributed by atoms with Gasteiger partial charge in [-0.25, -0.2) is 0 Å². The molecule has 2 rings (SSSR count). The third kappa shape index (κ3) is 2.19. The molecule has 0 saturated carbocycles. The number of esters is 2. The van der Waals surface area contributed by atoms with Crippen LogP contribution in [0.25, 0.3) is 0 Å². The first-order valence-corrected chi connectivity index (χ1v) is 7.09. The molecule has 0 spiro atoms. The molecule has 2 fully saturated rings. The predicted octanol–water partition coefficient (Wildman–Crippen LogP) is 0.466. The highest BCUT2D eigenvalue weighted by Gasteiger charge is 2.69. The van der Waals surface area contributed by atoms with Crippen molar-refractivity contribution in [3.05, 3.63) is 0 Å². The topological polar surface area (TPSA) is 82.1 Å². The minimum absolute atomic E-state index is 0.115. The van der Waals surface area contributed by atoms with Gasteiger partial charge in [-0.2, -0.15) is 0 Å². The maximum Gasteiger partial charge on any atom is 0.328 e. The molecule has 2 aliphatic rings. The fourth-order valence-corrected chi connectivity index (χ4v) is 2.94. The van der Waals surface area contributed by atoms with Gasteiger partial charge in [0, 0.05) is 0 Å². The van der Waals surface area contributed by atoms with Crippen molar-refractivity contribution in [3.8, 4) is 0 Å². The normalized spacial score (nSPS) is 25.6. The van der Waals surface area contributed by atoms with Crippen LogP contribution in [0.4, 0.5) is 0 Å². The first-order chi connectivity index (χ1) is 9.81. The second kappa shape index (κ2) is 5.29. The zero-order valence-electron chi connectivity index (χ0n) is 12.8.